The zero-order chi connectivity index (χ0) is 15.4. The first-order chi connectivity index (χ1) is 10.0. The van der Waals surface area contributed by atoms with Crippen molar-refractivity contribution < 1.29 is 19.4 Å². The Morgan fingerprint density at radius 1 is 1.24 bits per heavy atom. The lowest BCUT2D eigenvalue weighted by Gasteiger charge is -2.10. The van der Waals surface area contributed by atoms with Gasteiger partial charge in [0.05, 0.1) is 23.9 Å². The highest BCUT2D eigenvalue weighted by molar-refractivity contribution is 6.07. The van der Waals surface area contributed by atoms with E-state index < -0.39 is 11.9 Å². The van der Waals surface area contributed by atoms with Crippen LogP contribution in [0.5, 0.6) is 5.75 Å². The summed E-state index contributed by atoms with van der Waals surface area (Å²) in [4.78, 5) is 27.3. The first-order valence-electron chi connectivity index (χ1n) is 6.15. The Morgan fingerprint density at radius 2 is 2.00 bits per heavy atom. The highest BCUT2D eigenvalue weighted by Gasteiger charge is 2.15. The molecule has 1 aromatic heterocycles. The number of carbonyl (C=O) groups excluding carboxylic acids is 1. The van der Waals surface area contributed by atoms with Gasteiger partial charge < -0.3 is 15.2 Å². The number of rotatable bonds is 4. The topological polar surface area (TPSA) is 88.5 Å². The number of aromatic nitrogens is 1. The number of pyridine rings is 1. The molecule has 0 saturated carbocycles. The largest absolute Gasteiger partial charge is 0.497 e. The number of nitrogens with one attached hydrogen (secondary N) is 1. The van der Waals surface area contributed by atoms with Crippen molar-refractivity contribution in [1.29, 1.82) is 0 Å². The van der Waals surface area contributed by atoms with E-state index in [2.05, 4.69) is 10.3 Å². The van der Waals surface area contributed by atoms with Crippen LogP contribution in [0, 0.1) is 6.92 Å². The molecule has 0 aliphatic rings. The monoisotopic (exact) mass is 286 g/mol. The van der Waals surface area contributed by atoms with Gasteiger partial charge in [-0.3, -0.25) is 9.78 Å². The first-order valence-corrected chi connectivity index (χ1v) is 6.15. The van der Waals surface area contributed by atoms with Crippen LogP contribution in [0.1, 0.15) is 26.3 Å². The van der Waals surface area contributed by atoms with Crippen molar-refractivity contribution in [2.45, 2.75) is 6.92 Å². The molecule has 0 radical (unpaired) electrons. The van der Waals surface area contributed by atoms with Crippen LogP contribution in [0.2, 0.25) is 0 Å². The number of benzene rings is 1. The van der Waals surface area contributed by atoms with Crippen LogP contribution in [-0.2, 0) is 0 Å². The molecule has 0 saturated heterocycles. The number of nitrogens with zero attached hydrogens (tertiary/aromatic N) is 1. The lowest BCUT2D eigenvalue weighted by atomic mass is 10.1. The van der Waals surface area contributed by atoms with Crippen LogP contribution in [0.15, 0.2) is 36.7 Å². The number of methoxy groups -OCH3 is 1. The van der Waals surface area contributed by atoms with Crippen LogP contribution >= 0.6 is 0 Å². The van der Waals surface area contributed by atoms with E-state index in [0.29, 0.717) is 11.3 Å². The first kappa shape index (κ1) is 14.5. The number of ether oxygens (including phenoxy) is 1. The Morgan fingerprint density at radius 3 is 2.62 bits per heavy atom. The summed E-state index contributed by atoms with van der Waals surface area (Å²) in [6, 6.07) is 6.10. The molecule has 2 N–H and O–H groups in total. The maximum absolute atomic E-state index is 12.1. The second kappa shape index (κ2) is 6.04. The number of carboxylic acid groups (broad SMARTS) is 1. The summed E-state index contributed by atoms with van der Waals surface area (Å²) >= 11 is 0. The fourth-order valence-electron chi connectivity index (χ4n) is 1.81. The van der Waals surface area contributed by atoms with Gasteiger partial charge in [-0.2, -0.15) is 0 Å². The van der Waals surface area contributed by atoms with Gasteiger partial charge in [-0.15, -0.1) is 0 Å². The molecule has 0 fully saturated rings. The molecule has 0 atom stereocenters. The smallest absolute Gasteiger partial charge is 0.337 e. The predicted molar refractivity (Wildman–Crippen MR) is 76.9 cm³/mol. The number of anilines is 1. The standard InChI is InChI=1S/C15H14N2O4/c1-9-5-10(8-16-7-9)14(18)17-13-4-3-11(21-2)6-12(13)15(19)20/h3-8H,1-2H3,(H,17,18)(H,19,20). The highest BCUT2D eigenvalue weighted by Crippen LogP contribution is 2.22. The van der Waals surface area contributed by atoms with Gasteiger partial charge in [-0.05, 0) is 36.8 Å². The third kappa shape index (κ3) is 3.36. The Bertz CT molecular complexity index is 698. The van der Waals surface area contributed by atoms with Crippen LogP contribution in [0.4, 0.5) is 5.69 Å². The Kier molecular flexibility index (Phi) is 4.18. The Labute approximate surface area is 121 Å². The van der Waals surface area contributed by atoms with Crippen LogP contribution in [-0.4, -0.2) is 29.1 Å². The number of carboxylic acids is 1. The van der Waals surface area contributed by atoms with Gasteiger partial charge in [-0.1, -0.05) is 0 Å². The molecule has 1 aromatic carbocycles. The summed E-state index contributed by atoms with van der Waals surface area (Å²) in [7, 11) is 1.44. The average molecular weight is 286 g/mol. The summed E-state index contributed by atoms with van der Waals surface area (Å²) in [6.45, 7) is 1.82. The maximum Gasteiger partial charge on any atom is 0.337 e. The number of hydrogen-bond donors (Lipinski definition) is 2. The number of hydrogen-bond acceptors (Lipinski definition) is 4. The number of amides is 1. The summed E-state index contributed by atoms with van der Waals surface area (Å²) in [5.41, 5.74) is 1.37. The van der Waals surface area contributed by atoms with Gasteiger partial charge in [0, 0.05) is 12.4 Å². The molecule has 1 amide bonds. The fourth-order valence-corrected chi connectivity index (χ4v) is 1.81. The summed E-state index contributed by atoms with van der Waals surface area (Å²) in [5.74, 6) is -1.16. The molecule has 0 unspecified atom stereocenters. The lowest BCUT2D eigenvalue weighted by molar-refractivity contribution is 0.0697. The van der Waals surface area contributed by atoms with E-state index in [0.717, 1.165) is 5.56 Å². The Balaban J connectivity index is 2.31. The van der Waals surface area contributed by atoms with Crippen molar-refractivity contribution in [3.05, 3.63) is 53.3 Å². The quantitative estimate of drug-likeness (QED) is 0.900. The van der Waals surface area contributed by atoms with E-state index in [1.807, 2.05) is 6.92 Å². The SMILES string of the molecule is COc1ccc(NC(=O)c2cncc(C)c2)c(C(=O)O)c1. The van der Waals surface area contributed by atoms with E-state index >= 15 is 0 Å². The molecular formula is C15H14N2O4. The number of aromatic carboxylic acids is 1. The van der Waals surface area contributed by atoms with Crippen molar-refractivity contribution in [1.82, 2.24) is 4.98 Å². The molecule has 0 bridgehead atoms. The number of aryl methyl sites for hydroxylation is 1. The molecule has 2 rings (SSSR count). The van der Waals surface area contributed by atoms with Gasteiger partial charge in [0.25, 0.3) is 5.91 Å². The fraction of sp³-hybridized carbons (Fsp3) is 0.133. The molecule has 2 aromatic rings. The van der Waals surface area contributed by atoms with Crippen molar-refractivity contribution in [3.8, 4) is 5.75 Å². The highest BCUT2D eigenvalue weighted by atomic mass is 16.5. The Hall–Kier alpha value is -2.89. The van der Waals surface area contributed by atoms with Gasteiger partial charge >= 0.3 is 5.97 Å². The summed E-state index contributed by atoms with van der Waals surface area (Å²) in [5, 5.41) is 11.8. The van der Waals surface area contributed by atoms with Crippen molar-refractivity contribution >= 4 is 17.6 Å². The van der Waals surface area contributed by atoms with E-state index in [1.54, 1.807) is 18.3 Å². The van der Waals surface area contributed by atoms with E-state index in [9.17, 15) is 14.7 Å². The normalized spacial score (nSPS) is 10.0. The summed E-state index contributed by atoms with van der Waals surface area (Å²) < 4.78 is 4.98. The van der Waals surface area contributed by atoms with E-state index in [1.165, 1.54) is 25.4 Å². The molecular weight excluding hydrogens is 272 g/mol. The minimum absolute atomic E-state index is 0.0386. The van der Waals surface area contributed by atoms with Gasteiger partial charge in [0.1, 0.15) is 5.75 Å². The van der Waals surface area contributed by atoms with Gasteiger partial charge in [0.2, 0.25) is 0 Å². The van der Waals surface area contributed by atoms with Crippen molar-refractivity contribution in [2.24, 2.45) is 0 Å². The molecule has 0 aliphatic heterocycles. The third-order valence-corrected chi connectivity index (χ3v) is 2.84. The molecule has 21 heavy (non-hydrogen) atoms. The second-order valence-electron chi connectivity index (χ2n) is 4.42. The zero-order valence-electron chi connectivity index (χ0n) is 11.6. The molecule has 1 heterocycles. The van der Waals surface area contributed by atoms with Gasteiger partial charge in [-0.25, -0.2) is 4.79 Å². The van der Waals surface area contributed by atoms with Crippen molar-refractivity contribution in [2.75, 3.05) is 12.4 Å². The second-order valence-corrected chi connectivity index (χ2v) is 4.42. The minimum atomic E-state index is -1.15. The molecule has 0 aliphatic carbocycles. The zero-order valence-corrected chi connectivity index (χ0v) is 11.6. The predicted octanol–water partition coefficient (Wildman–Crippen LogP) is 2.35. The average Bonchev–Trinajstić information content (AvgIpc) is 2.47. The van der Waals surface area contributed by atoms with Crippen molar-refractivity contribution in [3.63, 3.8) is 0 Å². The number of carbonyl (C=O) groups is 2. The van der Waals surface area contributed by atoms with Crippen LogP contribution in [0.3, 0.4) is 0 Å². The van der Waals surface area contributed by atoms with Crippen LogP contribution < -0.4 is 10.1 Å². The van der Waals surface area contributed by atoms with E-state index in [-0.39, 0.29) is 11.3 Å². The van der Waals surface area contributed by atoms with Crippen LogP contribution in [0.25, 0.3) is 0 Å². The maximum atomic E-state index is 12.1. The minimum Gasteiger partial charge on any atom is -0.497 e. The summed E-state index contributed by atoms with van der Waals surface area (Å²) in [6.07, 6.45) is 3.05. The third-order valence-electron chi connectivity index (χ3n) is 2.84. The lowest BCUT2D eigenvalue weighted by Crippen LogP contribution is -2.15. The molecule has 108 valence electrons. The van der Waals surface area contributed by atoms with Gasteiger partial charge in [0.15, 0.2) is 0 Å². The molecule has 6 nitrogen and oxygen atoms in total. The van der Waals surface area contributed by atoms with E-state index in [4.69, 9.17) is 4.74 Å². The molecule has 6 heteroatoms. The molecule has 0 spiro atoms.